The molecule has 0 unspecified atom stereocenters. The lowest BCUT2D eigenvalue weighted by Crippen LogP contribution is -2.26. The number of hydrogen-bond donors (Lipinski definition) is 0. The van der Waals surface area contributed by atoms with E-state index in [1.54, 1.807) is 7.11 Å². The minimum Gasteiger partial charge on any atom is -0.493 e. The van der Waals surface area contributed by atoms with Crippen molar-refractivity contribution in [2.75, 3.05) is 26.9 Å². The van der Waals surface area contributed by atoms with Crippen molar-refractivity contribution in [2.45, 2.75) is 26.1 Å². The highest BCUT2D eigenvalue weighted by atomic mass is 16.7. The molecule has 1 saturated heterocycles. The zero-order valence-corrected chi connectivity index (χ0v) is 11.2. The first kappa shape index (κ1) is 13.2. The van der Waals surface area contributed by atoms with Gasteiger partial charge in [0.25, 0.3) is 0 Å². The lowest BCUT2D eigenvalue weighted by atomic mass is 10.0. The summed E-state index contributed by atoms with van der Waals surface area (Å²) >= 11 is 0. The van der Waals surface area contributed by atoms with E-state index in [2.05, 4.69) is 0 Å². The SMILES string of the molecule is CCOc1ccc(C2(CC)OCCO2)cc1OC. The molecule has 0 bridgehead atoms. The molecular formula is C14H20O4. The van der Waals surface area contributed by atoms with Crippen molar-refractivity contribution in [1.29, 1.82) is 0 Å². The van der Waals surface area contributed by atoms with Gasteiger partial charge in [-0.05, 0) is 25.1 Å². The molecule has 4 nitrogen and oxygen atoms in total. The predicted molar refractivity (Wildman–Crippen MR) is 68.0 cm³/mol. The Balaban J connectivity index is 2.34. The fourth-order valence-corrected chi connectivity index (χ4v) is 2.21. The third kappa shape index (κ3) is 2.31. The van der Waals surface area contributed by atoms with E-state index in [0.717, 1.165) is 17.7 Å². The van der Waals surface area contributed by atoms with Crippen LogP contribution in [0, 0.1) is 0 Å². The molecule has 0 aromatic heterocycles. The highest BCUT2D eigenvalue weighted by Gasteiger charge is 2.37. The Morgan fingerprint density at radius 2 is 1.89 bits per heavy atom. The molecule has 0 N–H and O–H groups in total. The second-order valence-corrected chi connectivity index (χ2v) is 4.10. The van der Waals surface area contributed by atoms with Gasteiger partial charge in [0.05, 0.1) is 26.9 Å². The molecule has 1 aliphatic rings. The third-order valence-electron chi connectivity index (χ3n) is 3.12. The summed E-state index contributed by atoms with van der Waals surface area (Å²) in [5.74, 6) is 0.826. The van der Waals surface area contributed by atoms with Crippen LogP contribution in [0.15, 0.2) is 18.2 Å². The fourth-order valence-electron chi connectivity index (χ4n) is 2.21. The number of methoxy groups -OCH3 is 1. The first-order valence-electron chi connectivity index (χ1n) is 6.35. The van der Waals surface area contributed by atoms with Crippen LogP contribution in [-0.4, -0.2) is 26.9 Å². The van der Waals surface area contributed by atoms with Gasteiger partial charge in [0.1, 0.15) is 0 Å². The standard InChI is InChI=1S/C14H20O4/c1-4-14(17-8-9-18-14)11-6-7-12(16-5-2)13(10-11)15-3/h6-7,10H,4-5,8-9H2,1-3H3. The van der Waals surface area contributed by atoms with Crippen molar-refractivity contribution in [3.8, 4) is 11.5 Å². The van der Waals surface area contributed by atoms with E-state index in [-0.39, 0.29) is 0 Å². The van der Waals surface area contributed by atoms with E-state index < -0.39 is 5.79 Å². The molecular weight excluding hydrogens is 232 g/mol. The lowest BCUT2D eigenvalue weighted by molar-refractivity contribution is -0.167. The zero-order valence-electron chi connectivity index (χ0n) is 11.2. The van der Waals surface area contributed by atoms with Gasteiger partial charge in [-0.25, -0.2) is 0 Å². The van der Waals surface area contributed by atoms with Crippen LogP contribution >= 0.6 is 0 Å². The van der Waals surface area contributed by atoms with Crippen LogP contribution in [-0.2, 0) is 15.3 Å². The van der Waals surface area contributed by atoms with Crippen LogP contribution in [0.2, 0.25) is 0 Å². The van der Waals surface area contributed by atoms with Crippen LogP contribution in [0.25, 0.3) is 0 Å². The average Bonchev–Trinajstić information content (AvgIpc) is 2.89. The molecule has 1 aromatic rings. The Labute approximate surface area is 108 Å². The van der Waals surface area contributed by atoms with Crippen molar-refractivity contribution >= 4 is 0 Å². The van der Waals surface area contributed by atoms with E-state index in [9.17, 15) is 0 Å². The molecule has 2 rings (SSSR count). The highest BCUT2D eigenvalue weighted by Crippen LogP contribution is 2.39. The minimum atomic E-state index is -0.627. The van der Waals surface area contributed by atoms with Crippen molar-refractivity contribution in [3.63, 3.8) is 0 Å². The van der Waals surface area contributed by atoms with Crippen molar-refractivity contribution in [2.24, 2.45) is 0 Å². The van der Waals surface area contributed by atoms with Gasteiger partial charge in [0, 0.05) is 12.0 Å². The molecule has 0 amide bonds. The van der Waals surface area contributed by atoms with E-state index in [4.69, 9.17) is 18.9 Å². The summed E-state index contributed by atoms with van der Waals surface area (Å²) in [4.78, 5) is 0. The summed E-state index contributed by atoms with van der Waals surface area (Å²) in [5, 5.41) is 0. The van der Waals surface area contributed by atoms with Crippen LogP contribution < -0.4 is 9.47 Å². The minimum absolute atomic E-state index is 0.613. The fraction of sp³-hybridized carbons (Fsp3) is 0.571. The smallest absolute Gasteiger partial charge is 0.194 e. The predicted octanol–water partition coefficient (Wildman–Crippen LogP) is 2.70. The monoisotopic (exact) mass is 252 g/mol. The van der Waals surface area contributed by atoms with Crippen LogP contribution in [0.3, 0.4) is 0 Å². The number of ether oxygens (including phenoxy) is 4. The average molecular weight is 252 g/mol. The van der Waals surface area contributed by atoms with Crippen LogP contribution in [0.4, 0.5) is 0 Å². The van der Waals surface area contributed by atoms with Crippen molar-refractivity contribution in [3.05, 3.63) is 23.8 Å². The van der Waals surface area contributed by atoms with Gasteiger partial charge in [-0.2, -0.15) is 0 Å². The maximum atomic E-state index is 5.76. The maximum Gasteiger partial charge on any atom is 0.194 e. The van der Waals surface area contributed by atoms with Gasteiger partial charge in [-0.1, -0.05) is 6.92 Å². The second kappa shape index (κ2) is 5.59. The molecule has 0 spiro atoms. The van der Waals surface area contributed by atoms with Gasteiger partial charge in [0.2, 0.25) is 0 Å². The number of benzene rings is 1. The molecule has 1 aromatic carbocycles. The van der Waals surface area contributed by atoms with Gasteiger partial charge in [-0.3, -0.25) is 0 Å². The molecule has 1 aliphatic heterocycles. The normalized spacial score (nSPS) is 17.7. The molecule has 0 aliphatic carbocycles. The summed E-state index contributed by atoms with van der Waals surface area (Å²) in [6.07, 6.45) is 0.768. The Hall–Kier alpha value is -1.26. The van der Waals surface area contributed by atoms with Crippen molar-refractivity contribution < 1.29 is 18.9 Å². The third-order valence-corrected chi connectivity index (χ3v) is 3.12. The van der Waals surface area contributed by atoms with E-state index in [0.29, 0.717) is 25.6 Å². The van der Waals surface area contributed by atoms with Gasteiger partial charge >= 0.3 is 0 Å². The molecule has 100 valence electrons. The topological polar surface area (TPSA) is 36.9 Å². The molecule has 1 heterocycles. The molecule has 4 heteroatoms. The number of hydrogen-bond acceptors (Lipinski definition) is 4. The maximum absolute atomic E-state index is 5.76. The summed E-state index contributed by atoms with van der Waals surface area (Å²) in [6, 6.07) is 5.81. The summed E-state index contributed by atoms with van der Waals surface area (Å²) in [7, 11) is 1.64. The Morgan fingerprint density at radius 1 is 1.17 bits per heavy atom. The van der Waals surface area contributed by atoms with Gasteiger partial charge in [0.15, 0.2) is 17.3 Å². The Kier molecular flexibility index (Phi) is 4.09. The highest BCUT2D eigenvalue weighted by molar-refractivity contribution is 5.44. The molecule has 0 atom stereocenters. The molecule has 1 fully saturated rings. The van der Waals surface area contributed by atoms with E-state index >= 15 is 0 Å². The first-order valence-corrected chi connectivity index (χ1v) is 6.35. The quantitative estimate of drug-likeness (QED) is 0.807. The van der Waals surface area contributed by atoms with Crippen LogP contribution in [0.1, 0.15) is 25.8 Å². The first-order chi connectivity index (χ1) is 8.75. The second-order valence-electron chi connectivity index (χ2n) is 4.10. The summed E-state index contributed by atoms with van der Waals surface area (Å²) < 4.78 is 22.4. The summed E-state index contributed by atoms with van der Waals surface area (Å²) in [5.41, 5.74) is 0.975. The Morgan fingerprint density at radius 3 is 2.44 bits per heavy atom. The van der Waals surface area contributed by atoms with Gasteiger partial charge in [-0.15, -0.1) is 0 Å². The molecule has 0 saturated carbocycles. The van der Waals surface area contributed by atoms with Crippen LogP contribution in [0.5, 0.6) is 11.5 Å². The molecule has 18 heavy (non-hydrogen) atoms. The number of rotatable bonds is 5. The largest absolute Gasteiger partial charge is 0.493 e. The van der Waals surface area contributed by atoms with E-state index in [1.165, 1.54) is 0 Å². The molecule has 0 radical (unpaired) electrons. The summed E-state index contributed by atoms with van der Waals surface area (Å²) in [6.45, 7) is 5.87. The van der Waals surface area contributed by atoms with E-state index in [1.807, 2.05) is 32.0 Å². The van der Waals surface area contributed by atoms with Gasteiger partial charge < -0.3 is 18.9 Å². The zero-order chi connectivity index (χ0) is 13.0. The van der Waals surface area contributed by atoms with Crippen molar-refractivity contribution in [1.82, 2.24) is 0 Å². The lowest BCUT2D eigenvalue weighted by Gasteiger charge is -2.27. The Bertz CT molecular complexity index is 397.